The molecule has 0 bridgehead atoms. The molecular weight excluding hydrogens is 394 g/mol. The maximum Gasteiger partial charge on any atom is 0.254 e. The highest BCUT2D eigenvalue weighted by atomic mass is 32.2. The summed E-state index contributed by atoms with van der Waals surface area (Å²) < 4.78 is 24.2. The molecule has 4 rings (SSSR count). The number of rotatable bonds is 4. The maximum atomic E-state index is 12.7. The SMILES string of the molecule is NC1=NS(=O)Nc2cccc(OCC3CCCN(C(=O)c4cc[nH]c(=O)c4)C3)c21. The first kappa shape index (κ1) is 19.2. The minimum Gasteiger partial charge on any atom is -0.492 e. The van der Waals surface area contributed by atoms with Gasteiger partial charge in [-0.05, 0) is 31.0 Å². The van der Waals surface area contributed by atoms with Crippen molar-refractivity contribution in [3.05, 3.63) is 58.0 Å². The van der Waals surface area contributed by atoms with E-state index in [0.717, 1.165) is 12.8 Å². The normalized spacial score (nSPS) is 21.0. The van der Waals surface area contributed by atoms with Crippen LogP contribution in [0.4, 0.5) is 5.69 Å². The zero-order valence-electron chi connectivity index (χ0n) is 15.6. The second kappa shape index (κ2) is 8.08. The van der Waals surface area contributed by atoms with Crippen LogP contribution >= 0.6 is 0 Å². The summed E-state index contributed by atoms with van der Waals surface area (Å²) in [6, 6.07) is 8.28. The lowest BCUT2D eigenvalue weighted by Crippen LogP contribution is -2.41. The highest BCUT2D eigenvalue weighted by molar-refractivity contribution is 7.85. The van der Waals surface area contributed by atoms with Crippen molar-refractivity contribution < 1.29 is 13.7 Å². The molecule has 1 saturated heterocycles. The molecule has 2 unspecified atom stereocenters. The monoisotopic (exact) mass is 415 g/mol. The van der Waals surface area contributed by atoms with E-state index in [1.165, 1.54) is 12.3 Å². The van der Waals surface area contributed by atoms with Crippen molar-refractivity contribution in [2.75, 3.05) is 24.4 Å². The Morgan fingerprint density at radius 1 is 1.38 bits per heavy atom. The van der Waals surface area contributed by atoms with Gasteiger partial charge >= 0.3 is 0 Å². The number of pyridine rings is 1. The van der Waals surface area contributed by atoms with Gasteiger partial charge in [0.1, 0.15) is 11.6 Å². The molecule has 4 N–H and O–H groups in total. The van der Waals surface area contributed by atoms with E-state index in [-0.39, 0.29) is 23.2 Å². The summed E-state index contributed by atoms with van der Waals surface area (Å²) >= 11 is -1.59. The number of nitrogens with two attached hydrogens (primary N) is 1. The number of nitrogens with zero attached hydrogens (tertiary/aromatic N) is 2. The molecule has 9 nitrogen and oxygen atoms in total. The van der Waals surface area contributed by atoms with Crippen molar-refractivity contribution in [1.82, 2.24) is 9.88 Å². The van der Waals surface area contributed by atoms with Gasteiger partial charge in [-0.3, -0.25) is 14.3 Å². The second-order valence-electron chi connectivity index (χ2n) is 7.02. The predicted molar refractivity (Wildman–Crippen MR) is 110 cm³/mol. The number of aromatic amines is 1. The van der Waals surface area contributed by atoms with Crippen molar-refractivity contribution in [1.29, 1.82) is 0 Å². The molecule has 1 aromatic heterocycles. The van der Waals surface area contributed by atoms with Crippen LogP contribution in [-0.2, 0) is 11.2 Å². The van der Waals surface area contributed by atoms with Gasteiger partial charge in [0.2, 0.25) is 16.7 Å². The first-order chi connectivity index (χ1) is 14.0. The van der Waals surface area contributed by atoms with Gasteiger partial charge in [0, 0.05) is 36.8 Å². The molecule has 2 aliphatic heterocycles. The third-order valence-corrected chi connectivity index (χ3v) is 5.72. The molecule has 1 amide bonds. The van der Waals surface area contributed by atoms with Crippen LogP contribution < -0.4 is 20.8 Å². The lowest BCUT2D eigenvalue weighted by Gasteiger charge is -2.33. The second-order valence-corrected chi connectivity index (χ2v) is 7.90. The van der Waals surface area contributed by atoms with Crippen LogP contribution in [0.2, 0.25) is 0 Å². The van der Waals surface area contributed by atoms with Crippen LogP contribution in [0.15, 0.2) is 45.7 Å². The summed E-state index contributed by atoms with van der Waals surface area (Å²) in [6.45, 7) is 1.61. The number of hydrogen-bond acceptors (Lipinski definition) is 5. The van der Waals surface area contributed by atoms with Crippen molar-refractivity contribution in [2.24, 2.45) is 16.0 Å². The first-order valence-electron chi connectivity index (χ1n) is 9.28. The number of hydrogen-bond donors (Lipinski definition) is 3. The molecule has 2 atom stereocenters. The Morgan fingerprint density at radius 3 is 3.07 bits per heavy atom. The van der Waals surface area contributed by atoms with E-state index in [0.29, 0.717) is 42.3 Å². The van der Waals surface area contributed by atoms with Gasteiger partial charge in [0.15, 0.2) is 0 Å². The van der Waals surface area contributed by atoms with E-state index >= 15 is 0 Å². The van der Waals surface area contributed by atoms with E-state index in [2.05, 4.69) is 14.1 Å². The van der Waals surface area contributed by atoms with Gasteiger partial charge in [-0.25, -0.2) is 4.21 Å². The first-order valence-corrected chi connectivity index (χ1v) is 10.4. The van der Waals surface area contributed by atoms with Gasteiger partial charge in [-0.15, -0.1) is 0 Å². The quantitative estimate of drug-likeness (QED) is 0.686. The Kier molecular flexibility index (Phi) is 5.34. The fraction of sp³-hybridized carbons (Fsp3) is 0.316. The summed E-state index contributed by atoms with van der Waals surface area (Å²) in [5.74, 6) is 0.726. The fourth-order valence-corrected chi connectivity index (χ4v) is 4.28. The number of amides is 1. The molecule has 152 valence electrons. The Labute approximate surface area is 169 Å². The summed E-state index contributed by atoms with van der Waals surface area (Å²) in [7, 11) is 0. The average Bonchev–Trinajstić information content (AvgIpc) is 2.71. The molecule has 29 heavy (non-hydrogen) atoms. The lowest BCUT2D eigenvalue weighted by atomic mass is 9.98. The summed E-state index contributed by atoms with van der Waals surface area (Å²) in [6.07, 6.45) is 3.27. The highest BCUT2D eigenvalue weighted by Crippen LogP contribution is 2.30. The molecular formula is C19H21N5O4S. The van der Waals surface area contributed by atoms with Gasteiger partial charge in [-0.2, -0.15) is 4.40 Å². The third kappa shape index (κ3) is 4.16. The molecule has 3 heterocycles. The molecule has 1 aromatic carbocycles. The van der Waals surface area contributed by atoms with Crippen molar-refractivity contribution in [3.8, 4) is 5.75 Å². The number of carbonyl (C=O) groups is 1. The number of likely N-dealkylation sites (tertiary alicyclic amines) is 1. The van der Waals surface area contributed by atoms with Crippen LogP contribution in [0.5, 0.6) is 5.75 Å². The van der Waals surface area contributed by atoms with Gasteiger partial charge in [0.25, 0.3) is 5.91 Å². The average molecular weight is 415 g/mol. The van der Waals surface area contributed by atoms with E-state index in [9.17, 15) is 13.8 Å². The Hall–Kier alpha value is -3.14. The maximum absolute atomic E-state index is 12.7. The van der Waals surface area contributed by atoms with E-state index < -0.39 is 11.2 Å². The van der Waals surface area contributed by atoms with Crippen LogP contribution in [0, 0.1) is 5.92 Å². The van der Waals surface area contributed by atoms with E-state index in [1.807, 2.05) is 0 Å². The predicted octanol–water partition coefficient (Wildman–Crippen LogP) is 1.02. The van der Waals surface area contributed by atoms with Crippen LogP contribution in [-0.4, -0.2) is 45.5 Å². The van der Waals surface area contributed by atoms with Gasteiger partial charge in [0.05, 0.1) is 17.9 Å². The molecule has 0 radical (unpaired) electrons. The highest BCUT2D eigenvalue weighted by Gasteiger charge is 2.26. The Balaban J connectivity index is 1.43. The topological polar surface area (TPSA) is 130 Å². The number of ether oxygens (including phenoxy) is 1. The number of H-pyrrole nitrogens is 1. The number of aromatic nitrogens is 1. The zero-order valence-corrected chi connectivity index (χ0v) is 16.4. The smallest absolute Gasteiger partial charge is 0.254 e. The summed E-state index contributed by atoms with van der Waals surface area (Å²) in [5.41, 5.74) is 7.24. The lowest BCUT2D eigenvalue weighted by molar-refractivity contribution is 0.0633. The third-order valence-electron chi connectivity index (χ3n) is 4.96. The number of carbonyl (C=O) groups excluding carboxylic acids is 1. The molecule has 2 aromatic rings. The Bertz CT molecular complexity index is 1050. The number of amidine groups is 1. The molecule has 0 saturated carbocycles. The molecule has 10 heteroatoms. The minimum absolute atomic E-state index is 0.148. The zero-order chi connectivity index (χ0) is 20.4. The van der Waals surface area contributed by atoms with Crippen molar-refractivity contribution in [2.45, 2.75) is 12.8 Å². The summed E-state index contributed by atoms with van der Waals surface area (Å²) in [4.78, 5) is 28.4. The molecule has 1 fully saturated rings. The number of benzene rings is 1. The van der Waals surface area contributed by atoms with E-state index in [1.54, 1.807) is 29.2 Å². The van der Waals surface area contributed by atoms with Crippen LogP contribution in [0.1, 0.15) is 28.8 Å². The number of fused-ring (bicyclic) bond motifs is 1. The van der Waals surface area contributed by atoms with Crippen LogP contribution in [0.3, 0.4) is 0 Å². The van der Waals surface area contributed by atoms with E-state index in [4.69, 9.17) is 10.5 Å². The molecule has 2 aliphatic rings. The van der Waals surface area contributed by atoms with Crippen LogP contribution in [0.25, 0.3) is 0 Å². The van der Waals surface area contributed by atoms with Crippen molar-refractivity contribution >= 4 is 28.6 Å². The Morgan fingerprint density at radius 2 is 2.24 bits per heavy atom. The van der Waals surface area contributed by atoms with Gasteiger partial charge in [-0.1, -0.05) is 6.07 Å². The number of piperidine rings is 1. The minimum atomic E-state index is -1.59. The largest absolute Gasteiger partial charge is 0.492 e. The number of nitrogens with one attached hydrogen (secondary N) is 2. The standard InChI is InChI=1S/C19H21N5O4S/c20-18-17-14(22-29(27)23-18)4-1-5-15(17)28-11-12-3-2-8-24(10-12)19(26)13-6-7-21-16(25)9-13/h1,4-7,9,12,22H,2-3,8,10-11H2,(H2,20,23)(H,21,25). The van der Waals surface area contributed by atoms with Crippen molar-refractivity contribution in [3.63, 3.8) is 0 Å². The fourth-order valence-electron chi connectivity index (χ4n) is 3.61. The number of anilines is 1. The van der Waals surface area contributed by atoms with Gasteiger partial charge < -0.3 is 20.4 Å². The summed E-state index contributed by atoms with van der Waals surface area (Å²) in [5, 5.41) is 0. The molecule has 0 aliphatic carbocycles. The molecule has 0 spiro atoms.